The number of carbonyl (C=O) groups excluding carboxylic acids is 1. The van der Waals surface area contributed by atoms with E-state index in [1.165, 1.54) is 10.6 Å². The van der Waals surface area contributed by atoms with Crippen molar-refractivity contribution in [3.8, 4) is 5.75 Å². The zero-order valence-electron chi connectivity index (χ0n) is 15.6. The third-order valence-corrected chi connectivity index (χ3v) is 4.36. The summed E-state index contributed by atoms with van der Waals surface area (Å²) in [6, 6.07) is 15.5. The van der Waals surface area contributed by atoms with Crippen molar-refractivity contribution in [2.24, 2.45) is 4.99 Å². The van der Waals surface area contributed by atoms with Gasteiger partial charge in [0.15, 0.2) is 11.7 Å². The van der Waals surface area contributed by atoms with Crippen molar-refractivity contribution in [1.82, 2.24) is 5.06 Å². The maximum absolute atomic E-state index is 12.3. The molecule has 6 nitrogen and oxygen atoms in total. The number of hydrogen-bond donors (Lipinski definition) is 1. The van der Waals surface area contributed by atoms with Crippen LogP contribution in [0.2, 0.25) is 0 Å². The molecule has 2 heterocycles. The van der Waals surface area contributed by atoms with Crippen LogP contribution in [0.1, 0.15) is 23.6 Å². The number of fused-ring (bicyclic) bond motifs is 1. The maximum Gasteiger partial charge on any atom is 0.282 e. The van der Waals surface area contributed by atoms with Crippen molar-refractivity contribution in [2.45, 2.75) is 20.5 Å². The fourth-order valence-corrected chi connectivity index (χ4v) is 3.00. The number of aliphatic imine (C=N–C) groups is 1. The van der Waals surface area contributed by atoms with Crippen LogP contribution in [-0.2, 0) is 16.2 Å². The number of benzene rings is 2. The Morgan fingerprint density at radius 1 is 1.18 bits per heavy atom. The molecular weight excluding hydrogens is 354 g/mol. The molecule has 2 aromatic carbocycles. The first-order valence-corrected chi connectivity index (χ1v) is 8.88. The van der Waals surface area contributed by atoms with Gasteiger partial charge in [-0.2, -0.15) is 4.99 Å². The highest BCUT2D eigenvalue weighted by atomic mass is 16.7. The molecule has 0 bridgehead atoms. The number of carbonyl (C=O) groups is 1. The molecule has 140 valence electrons. The first kappa shape index (κ1) is 17.7. The lowest BCUT2D eigenvalue weighted by atomic mass is 10.1. The van der Waals surface area contributed by atoms with E-state index in [1.807, 2.05) is 49.4 Å². The van der Waals surface area contributed by atoms with Gasteiger partial charge in [-0.05, 0) is 43.2 Å². The molecule has 28 heavy (non-hydrogen) atoms. The molecule has 0 saturated heterocycles. The summed E-state index contributed by atoms with van der Waals surface area (Å²) in [5.41, 5.74) is 3.26. The van der Waals surface area contributed by atoms with Crippen molar-refractivity contribution >= 4 is 23.7 Å². The fraction of sp³-hybridized carbons (Fsp3) is 0.136. The lowest BCUT2D eigenvalue weighted by molar-refractivity contribution is -0.114. The third-order valence-electron chi connectivity index (χ3n) is 4.36. The molecule has 0 fully saturated rings. The van der Waals surface area contributed by atoms with Crippen LogP contribution >= 0.6 is 0 Å². The topological polar surface area (TPSA) is 75.0 Å². The molecule has 2 aliphatic heterocycles. The van der Waals surface area contributed by atoms with Gasteiger partial charge in [-0.3, -0.25) is 10.2 Å². The van der Waals surface area contributed by atoms with Gasteiger partial charge in [0, 0.05) is 6.08 Å². The number of allylic oxidation sites excluding steroid dienone is 1. The van der Waals surface area contributed by atoms with Crippen molar-refractivity contribution < 1.29 is 14.4 Å². The Hall–Kier alpha value is -3.67. The number of nitrogens with zero attached hydrogens (tertiary/aromatic N) is 2. The van der Waals surface area contributed by atoms with E-state index in [4.69, 9.17) is 15.0 Å². The standard InChI is InChI=1S/C22H19N3O3/c1-14-4-3-5-17(10-14)13-27-18-8-6-16(7-9-18)12-19-21(23)25-20(24-22(19)26)11-15(2)28-25/h3-12,23H,13H2,1-2H3/b19-12+,23-21?. The average Bonchev–Trinajstić information content (AvgIpc) is 3.05. The van der Waals surface area contributed by atoms with Crippen molar-refractivity contribution in [3.05, 3.63) is 82.6 Å². The molecule has 0 aliphatic carbocycles. The molecule has 0 spiro atoms. The van der Waals surface area contributed by atoms with E-state index in [2.05, 4.69) is 11.1 Å². The number of amides is 1. The second-order valence-electron chi connectivity index (χ2n) is 6.67. The average molecular weight is 373 g/mol. The zero-order chi connectivity index (χ0) is 19.7. The van der Waals surface area contributed by atoms with Crippen molar-refractivity contribution in [2.75, 3.05) is 0 Å². The second-order valence-corrected chi connectivity index (χ2v) is 6.67. The van der Waals surface area contributed by atoms with E-state index in [9.17, 15) is 4.79 Å². The number of hydroxylamine groups is 2. The summed E-state index contributed by atoms with van der Waals surface area (Å²) >= 11 is 0. The highest BCUT2D eigenvalue weighted by molar-refractivity contribution is 6.32. The van der Waals surface area contributed by atoms with Crippen LogP contribution in [0.15, 0.2) is 70.9 Å². The summed E-state index contributed by atoms with van der Waals surface area (Å²) in [6.45, 7) is 4.28. The number of amidine groups is 2. The van der Waals surface area contributed by atoms with E-state index < -0.39 is 5.91 Å². The molecule has 1 amide bonds. The maximum atomic E-state index is 12.3. The van der Waals surface area contributed by atoms with Gasteiger partial charge in [0.05, 0.1) is 5.57 Å². The summed E-state index contributed by atoms with van der Waals surface area (Å²) in [5, 5.41) is 9.49. The number of aryl methyl sites for hydroxylation is 1. The fourth-order valence-electron chi connectivity index (χ4n) is 3.00. The van der Waals surface area contributed by atoms with E-state index in [0.29, 0.717) is 18.2 Å². The molecule has 2 aliphatic rings. The molecule has 2 aromatic rings. The van der Waals surface area contributed by atoms with Gasteiger partial charge in [-0.1, -0.05) is 42.0 Å². The van der Waals surface area contributed by atoms with Crippen LogP contribution < -0.4 is 4.74 Å². The van der Waals surface area contributed by atoms with Gasteiger partial charge in [0.25, 0.3) is 5.91 Å². The molecule has 0 aromatic heterocycles. The Morgan fingerprint density at radius 2 is 1.96 bits per heavy atom. The van der Waals surface area contributed by atoms with Gasteiger partial charge >= 0.3 is 0 Å². The number of ether oxygens (including phenoxy) is 1. The molecule has 1 N–H and O–H groups in total. The van der Waals surface area contributed by atoms with E-state index in [0.717, 1.165) is 16.9 Å². The van der Waals surface area contributed by atoms with Crippen molar-refractivity contribution in [3.63, 3.8) is 0 Å². The number of nitrogens with one attached hydrogen (secondary N) is 1. The van der Waals surface area contributed by atoms with Gasteiger partial charge in [0.2, 0.25) is 0 Å². The van der Waals surface area contributed by atoms with Gasteiger partial charge in [0.1, 0.15) is 18.1 Å². The Kier molecular flexibility index (Phi) is 4.53. The molecule has 0 atom stereocenters. The largest absolute Gasteiger partial charge is 0.489 e. The monoisotopic (exact) mass is 373 g/mol. The van der Waals surface area contributed by atoms with Crippen LogP contribution in [-0.4, -0.2) is 22.6 Å². The molecular formula is C22H19N3O3. The third kappa shape index (κ3) is 3.57. The summed E-state index contributed by atoms with van der Waals surface area (Å²) < 4.78 is 5.82. The quantitative estimate of drug-likeness (QED) is 0.821. The molecule has 0 unspecified atom stereocenters. The molecule has 0 saturated carbocycles. The first-order valence-electron chi connectivity index (χ1n) is 8.88. The summed E-state index contributed by atoms with van der Waals surface area (Å²) in [4.78, 5) is 21.7. The summed E-state index contributed by atoms with van der Waals surface area (Å²) in [6.07, 6.45) is 3.26. The van der Waals surface area contributed by atoms with Crippen LogP contribution in [0.5, 0.6) is 5.75 Å². The highest BCUT2D eigenvalue weighted by Crippen LogP contribution is 2.24. The summed E-state index contributed by atoms with van der Waals surface area (Å²) in [7, 11) is 0. The normalized spacial score (nSPS) is 17.2. The zero-order valence-corrected chi connectivity index (χ0v) is 15.6. The van der Waals surface area contributed by atoms with Crippen LogP contribution in [0.3, 0.4) is 0 Å². The van der Waals surface area contributed by atoms with Crippen molar-refractivity contribution in [1.29, 1.82) is 5.41 Å². The Balaban J connectivity index is 1.47. The Labute approximate surface area is 162 Å². The Morgan fingerprint density at radius 3 is 2.71 bits per heavy atom. The minimum absolute atomic E-state index is 0.0251. The van der Waals surface area contributed by atoms with E-state index >= 15 is 0 Å². The Bertz CT molecular complexity index is 1050. The first-order chi connectivity index (χ1) is 13.5. The minimum Gasteiger partial charge on any atom is -0.489 e. The SMILES string of the molecule is CC1=CC2=NC(=O)/C(=C/c3ccc(OCc4cccc(C)c4)cc3)C(=N)N2O1. The van der Waals surface area contributed by atoms with E-state index in [1.54, 1.807) is 19.1 Å². The van der Waals surface area contributed by atoms with Gasteiger partial charge in [-0.25, -0.2) is 0 Å². The van der Waals surface area contributed by atoms with Gasteiger partial charge in [-0.15, -0.1) is 5.06 Å². The smallest absolute Gasteiger partial charge is 0.282 e. The lowest BCUT2D eigenvalue weighted by Gasteiger charge is -2.22. The molecule has 6 heteroatoms. The predicted octanol–water partition coefficient (Wildman–Crippen LogP) is 4.02. The lowest BCUT2D eigenvalue weighted by Crippen LogP contribution is -2.38. The highest BCUT2D eigenvalue weighted by Gasteiger charge is 2.34. The van der Waals surface area contributed by atoms with Crippen LogP contribution in [0.4, 0.5) is 0 Å². The number of hydrogen-bond acceptors (Lipinski definition) is 4. The second kappa shape index (κ2) is 7.15. The predicted molar refractivity (Wildman–Crippen MR) is 107 cm³/mol. The summed E-state index contributed by atoms with van der Waals surface area (Å²) in [5.74, 6) is 1.18. The molecule has 4 rings (SSSR count). The van der Waals surface area contributed by atoms with E-state index in [-0.39, 0.29) is 11.4 Å². The van der Waals surface area contributed by atoms with Crippen LogP contribution in [0, 0.1) is 12.3 Å². The molecule has 0 radical (unpaired) electrons. The minimum atomic E-state index is -0.453. The van der Waals surface area contributed by atoms with Crippen LogP contribution in [0.25, 0.3) is 6.08 Å². The van der Waals surface area contributed by atoms with Gasteiger partial charge < -0.3 is 9.57 Å². The number of rotatable bonds is 4.